The first-order valence-electron chi connectivity index (χ1n) is 7.17. The van der Waals surface area contributed by atoms with Crippen molar-refractivity contribution >= 4 is 34.6 Å². The zero-order valence-corrected chi connectivity index (χ0v) is 14.4. The van der Waals surface area contributed by atoms with Crippen LogP contribution in [0.25, 0.3) is 22.9 Å². The quantitative estimate of drug-likeness (QED) is 0.579. The van der Waals surface area contributed by atoms with E-state index < -0.39 is 0 Å². The first kappa shape index (κ1) is 16.3. The molecule has 118 valence electrons. The lowest BCUT2D eigenvalue weighted by atomic mass is 10.1. The average molecular weight is 353 g/mol. The molecule has 0 bridgehead atoms. The third-order valence-corrected chi connectivity index (χ3v) is 4.49. The Morgan fingerprint density at radius 2 is 2.08 bits per heavy atom. The zero-order chi connectivity index (χ0) is 16.9. The lowest BCUT2D eigenvalue weighted by molar-refractivity contribution is 0.415. The van der Waals surface area contributed by atoms with Gasteiger partial charge in [-0.15, -0.1) is 11.3 Å². The molecule has 3 nitrogen and oxygen atoms in total. The van der Waals surface area contributed by atoms with Crippen LogP contribution in [0.5, 0.6) is 5.75 Å². The molecule has 5 heteroatoms. The highest BCUT2D eigenvalue weighted by molar-refractivity contribution is 7.11. The SMILES string of the molecule is COc1cccc(-c2csc(/C(C#N)=C\c3cccc(Cl)c3)n2)c1. The number of nitrogens with zero attached hydrogens (tertiary/aromatic N) is 2. The Labute approximate surface area is 149 Å². The number of aromatic nitrogens is 1. The number of allylic oxidation sites excluding steroid dienone is 1. The van der Waals surface area contributed by atoms with Gasteiger partial charge >= 0.3 is 0 Å². The molecule has 0 atom stereocenters. The van der Waals surface area contributed by atoms with Gasteiger partial charge in [0.15, 0.2) is 0 Å². The van der Waals surface area contributed by atoms with Crippen LogP contribution in [0, 0.1) is 11.3 Å². The largest absolute Gasteiger partial charge is 0.497 e. The fourth-order valence-corrected chi connectivity index (χ4v) is 3.21. The molecule has 0 aliphatic heterocycles. The minimum Gasteiger partial charge on any atom is -0.497 e. The summed E-state index contributed by atoms with van der Waals surface area (Å²) in [5, 5.41) is 12.7. The van der Waals surface area contributed by atoms with Crippen LogP contribution in [0.3, 0.4) is 0 Å². The number of benzene rings is 2. The van der Waals surface area contributed by atoms with Crippen LogP contribution in [0.2, 0.25) is 5.02 Å². The molecule has 0 spiro atoms. The highest BCUT2D eigenvalue weighted by atomic mass is 35.5. The lowest BCUT2D eigenvalue weighted by Crippen LogP contribution is -1.85. The van der Waals surface area contributed by atoms with Crippen LogP contribution < -0.4 is 4.74 Å². The second-order valence-electron chi connectivity index (χ2n) is 4.99. The summed E-state index contributed by atoms with van der Waals surface area (Å²) >= 11 is 7.43. The smallest absolute Gasteiger partial charge is 0.134 e. The third-order valence-electron chi connectivity index (χ3n) is 3.38. The van der Waals surface area contributed by atoms with Crippen molar-refractivity contribution in [2.75, 3.05) is 7.11 Å². The standard InChI is InChI=1S/C19H13ClN2OS/c1-23-17-7-3-5-14(10-17)18-12-24-19(22-18)15(11-21)8-13-4-2-6-16(20)9-13/h2-10,12H,1H3/b15-8-. The van der Waals surface area contributed by atoms with E-state index in [-0.39, 0.29) is 0 Å². The summed E-state index contributed by atoms with van der Waals surface area (Å²) in [4.78, 5) is 4.58. The maximum atomic E-state index is 9.47. The van der Waals surface area contributed by atoms with E-state index in [1.165, 1.54) is 11.3 Å². The molecular formula is C19H13ClN2OS. The number of hydrogen-bond donors (Lipinski definition) is 0. The van der Waals surface area contributed by atoms with Crippen LogP contribution in [0.1, 0.15) is 10.6 Å². The minimum atomic E-state index is 0.511. The van der Waals surface area contributed by atoms with E-state index >= 15 is 0 Å². The Morgan fingerprint density at radius 1 is 1.25 bits per heavy atom. The summed E-state index contributed by atoms with van der Waals surface area (Å²) in [7, 11) is 1.63. The van der Waals surface area contributed by atoms with E-state index in [4.69, 9.17) is 16.3 Å². The predicted octanol–water partition coefficient (Wildman–Crippen LogP) is 5.54. The molecule has 0 amide bonds. The number of halogens is 1. The van der Waals surface area contributed by atoms with E-state index in [9.17, 15) is 5.26 Å². The molecule has 3 rings (SSSR count). The van der Waals surface area contributed by atoms with Crippen LogP contribution in [-0.2, 0) is 0 Å². The predicted molar refractivity (Wildman–Crippen MR) is 99.0 cm³/mol. The summed E-state index contributed by atoms with van der Waals surface area (Å²) in [5.74, 6) is 0.775. The molecule has 0 unspecified atom stereocenters. The fraction of sp³-hybridized carbons (Fsp3) is 0.0526. The van der Waals surface area contributed by atoms with Gasteiger partial charge < -0.3 is 4.74 Å². The van der Waals surface area contributed by atoms with E-state index in [1.807, 2.05) is 47.8 Å². The van der Waals surface area contributed by atoms with E-state index in [1.54, 1.807) is 19.3 Å². The molecule has 24 heavy (non-hydrogen) atoms. The van der Waals surface area contributed by atoms with Gasteiger partial charge in [-0.2, -0.15) is 5.26 Å². The summed E-state index contributed by atoms with van der Waals surface area (Å²) in [6.45, 7) is 0. The number of nitriles is 1. The van der Waals surface area contributed by atoms with Crippen molar-refractivity contribution < 1.29 is 4.74 Å². The molecule has 0 aliphatic carbocycles. The molecule has 1 heterocycles. The van der Waals surface area contributed by atoms with Gasteiger partial charge in [-0.05, 0) is 35.9 Å². The molecule has 1 aromatic heterocycles. The Balaban J connectivity index is 1.95. The Bertz CT molecular complexity index is 940. The molecule has 0 saturated heterocycles. The molecule has 2 aromatic carbocycles. The van der Waals surface area contributed by atoms with Crippen molar-refractivity contribution in [1.29, 1.82) is 5.26 Å². The van der Waals surface area contributed by atoms with E-state index in [0.29, 0.717) is 15.6 Å². The molecule has 0 aliphatic rings. The number of thiazole rings is 1. The first-order valence-corrected chi connectivity index (χ1v) is 8.43. The Hall–Kier alpha value is -2.61. The van der Waals surface area contributed by atoms with Gasteiger partial charge in [-0.25, -0.2) is 4.98 Å². The highest BCUT2D eigenvalue weighted by Crippen LogP contribution is 2.29. The van der Waals surface area contributed by atoms with Crippen LogP contribution in [-0.4, -0.2) is 12.1 Å². The van der Waals surface area contributed by atoms with Crippen molar-refractivity contribution in [2.45, 2.75) is 0 Å². The number of methoxy groups -OCH3 is 1. The van der Waals surface area contributed by atoms with Gasteiger partial charge in [0.1, 0.15) is 16.8 Å². The summed E-state index contributed by atoms with van der Waals surface area (Å²) in [6.07, 6.45) is 1.79. The van der Waals surface area contributed by atoms with Crippen molar-refractivity contribution in [3.05, 3.63) is 69.5 Å². The van der Waals surface area contributed by atoms with E-state index in [0.717, 1.165) is 22.6 Å². The van der Waals surface area contributed by atoms with Crippen molar-refractivity contribution in [1.82, 2.24) is 4.98 Å². The minimum absolute atomic E-state index is 0.511. The topological polar surface area (TPSA) is 45.9 Å². The summed E-state index contributed by atoms with van der Waals surface area (Å²) in [6, 6.07) is 17.3. The second kappa shape index (κ2) is 7.31. The van der Waals surface area contributed by atoms with Gasteiger partial charge in [-0.3, -0.25) is 0 Å². The highest BCUT2D eigenvalue weighted by Gasteiger charge is 2.10. The maximum absolute atomic E-state index is 9.47. The lowest BCUT2D eigenvalue weighted by Gasteiger charge is -2.01. The van der Waals surface area contributed by atoms with Gasteiger partial charge in [0, 0.05) is 16.0 Å². The van der Waals surface area contributed by atoms with Crippen molar-refractivity contribution in [3.8, 4) is 23.1 Å². The normalized spacial score (nSPS) is 11.1. The second-order valence-corrected chi connectivity index (χ2v) is 6.29. The van der Waals surface area contributed by atoms with E-state index in [2.05, 4.69) is 11.1 Å². The molecule has 3 aromatic rings. The summed E-state index contributed by atoms with van der Waals surface area (Å²) < 4.78 is 5.24. The van der Waals surface area contributed by atoms with Crippen LogP contribution in [0.15, 0.2) is 53.9 Å². The third kappa shape index (κ3) is 3.65. The maximum Gasteiger partial charge on any atom is 0.134 e. The van der Waals surface area contributed by atoms with Crippen molar-refractivity contribution in [2.24, 2.45) is 0 Å². The van der Waals surface area contributed by atoms with Gasteiger partial charge in [0.25, 0.3) is 0 Å². The van der Waals surface area contributed by atoms with Gasteiger partial charge in [-0.1, -0.05) is 35.9 Å². The van der Waals surface area contributed by atoms with Crippen molar-refractivity contribution in [3.63, 3.8) is 0 Å². The first-order chi connectivity index (χ1) is 11.7. The fourth-order valence-electron chi connectivity index (χ4n) is 2.22. The summed E-state index contributed by atoms with van der Waals surface area (Å²) in [5.41, 5.74) is 3.16. The molecule has 0 saturated carbocycles. The number of rotatable bonds is 4. The Kier molecular flexibility index (Phi) is 4.95. The average Bonchev–Trinajstić information content (AvgIpc) is 3.10. The molecule has 0 N–H and O–H groups in total. The van der Waals surface area contributed by atoms with Gasteiger partial charge in [0.05, 0.1) is 18.4 Å². The van der Waals surface area contributed by atoms with Gasteiger partial charge in [0.2, 0.25) is 0 Å². The molecule has 0 radical (unpaired) electrons. The molecular weight excluding hydrogens is 340 g/mol. The van der Waals surface area contributed by atoms with Crippen LogP contribution in [0.4, 0.5) is 0 Å². The Morgan fingerprint density at radius 3 is 2.83 bits per heavy atom. The number of hydrogen-bond acceptors (Lipinski definition) is 4. The number of ether oxygens (including phenoxy) is 1. The van der Waals surface area contributed by atoms with Crippen LogP contribution >= 0.6 is 22.9 Å². The molecule has 0 fully saturated rings. The monoisotopic (exact) mass is 352 g/mol. The zero-order valence-electron chi connectivity index (χ0n) is 12.9.